The zero-order valence-corrected chi connectivity index (χ0v) is 40.3. The lowest BCUT2D eigenvalue weighted by atomic mass is 9.98. The molecule has 2 heterocycles. The van der Waals surface area contributed by atoms with Gasteiger partial charge in [0.2, 0.25) is 0 Å². The first-order chi connectivity index (χ1) is 33.0. The largest absolute Gasteiger partial charge is 0.462 e. The molecule has 2 aliphatic heterocycles. The normalized spacial score (nSPS) is 26.7. The molecule has 0 aromatic rings. The average molecular weight is 959 g/mol. The molecular weight excluding hydrogens is 877 g/mol. The Labute approximate surface area is 404 Å². The van der Waals surface area contributed by atoms with E-state index in [2.05, 4.69) is 111 Å². The number of carbonyl (C=O) groups excluding carboxylic acids is 2. The fraction of sp³-hybridized carbons (Fsp3) is 0.623. The zero-order chi connectivity index (χ0) is 49.6. The van der Waals surface area contributed by atoms with Gasteiger partial charge in [0.05, 0.1) is 19.8 Å². The van der Waals surface area contributed by atoms with Crippen molar-refractivity contribution < 1.29 is 73.8 Å². The van der Waals surface area contributed by atoms with E-state index < -0.39 is 99.3 Å². The van der Waals surface area contributed by atoms with Crippen molar-refractivity contribution in [3.05, 3.63) is 109 Å². The average Bonchev–Trinajstić information content (AvgIpc) is 3.33. The Bertz CT molecular complexity index is 1600. The van der Waals surface area contributed by atoms with Crippen LogP contribution >= 0.6 is 0 Å². The minimum absolute atomic E-state index is 0.0703. The molecule has 0 aromatic heterocycles. The van der Waals surface area contributed by atoms with Crippen LogP contribution in [-0.2, 0) is 38.0 Å². The zero-order valence-electron chi connectivity index (χ0n) is 40.3. The van der Waals surface area contributed by atoms with Crippen LogP contribution in [0.15, 0.2) is 109 Å². The number of carbonyl (C=O) groups is 2. The van der Waals surface area contributed by atoms with E-state index in [9.17, 15) is 45.3 Å². The molecule has 7 N–H and O–H groups in total. The van der Waals surface area contributed by atoms with E-state index in [1.165, 1.54) is 0 Å². The van der Waals surface area contributed by atoms with Gasteiger partial charge in [-0.1, -0.05) is 123 Å². The van der Waals surface area contributed by atoms with Crippen LogP contribution in [0.1, 0.15) is 117 Å². The van der Waals surface area contributed by atoms with Gasteiger partial charge in [-0.15, -0.1) is 0 Å². The molecule has 0 amide bonds. The summed E-state index contributed by atoms with van der Waals surface area (Å²) in [6.07, 6.45) is 32.7. The molecular formula is C53H82O15. The first kappa shape index (κ1) is 60.3. The third kappa shape index (κ3) is 26.8. The van der Waals surface area contributed by atoms with Crippen molar-refractivity contribution in [1.82, 2.24) is 0 Å². The van der Waals surface area contributed by atoms with Crippen LogP contribution in [0, 0.1) is 0 Å². The molecule has 15 nitrogen and oxygen atoms in total. The molecule has 68 heavy (non-hydrogen) atoms. The van der Waals surface area contributed by atoms with Gasteiger partial charge in [-0.2, -0.15) is 0 Å². The molecule has 0 radical (unpaired) electrons. The Balaban J connectivity index is 1.88. The van der Waals surface area contributed by atoms with E-state index in [-0.39, 0.29) is 19.4 Å². The number of aliphatic hydroxyl groups is 7. The summed E-state index contributed by atoms with van der Waals surface area (Å²) in [6, 6.07) is 0. The van der Waals surface area contributed by atoms with Gasteiger partial charge in [0.25, 0.3) is 0 Å². The van der Waals surface area contributed by atoms with Crippen LogP contribution in [0.25, 0.3) is 0 Å². The first-order valence-corrected chi connectivity index (χ1v) is 24.5. The van der Waals surface area contributed by atoms with E-state index in [1.807, 2.05) is 12.2 Å². The van der Waals surface area contributed by atoms with E-state index >= 15 is 0 Å². The molecule has 0 aliphatic carbocycles. The smallest absolute Gasteiger partial charge is 0.306 e. The molecule has 15 heteroatoms. The second kappa shape index (κ2) is 38.9. The third-order valence-corrected chi connectivity index (χ3v) is 10.7. The first-order valence-electron chi connectivity index (χ1n) is 24.5. The Morgan fingerprint density at radius 3 is 1.37 bits per heavy atom. The molecule has 4 unspecified atom stereocenters. The van der Waals surface area contributed by atoms with Crippen LogP contribution in [0.5, 0.6) is 0 Å². The summed E-state index contributed by atoms with van der Waals surface area (Å²) < 4.78 is 33.4. The highest BCUT2D eigenvalue weighted by Crippen LogP contribution is 2.26. The summed E-state index contributed by atoms with van der Waals surface area (Å²) in [5.74, 6) is -1.06. The lowest BCUT2D eigenvalue weighted by molar-refractivity contribution is -0.332. The van der Waals surface area contributed by atoms with Crippen molar-refractivity contribution in [2.24, 2.45) is 0 Å². The highest BCUT2D eigenvalue weighted by molar-refractivity contribution is 5.70. The van der Waals surface area contributed by atoms with E-state index in [4.69, 9.17) is 28.4 Å². The lowest BCUT2D eigenvalue weighted by Gasteiger charge is -2.42. The fourth-order valence-corrected chi connectivity index (χ4v) is 6.77. The van der Waals surface area contributed by atoms with Gasteiger partial charge in [0.1, 0.15) is 55.4 Å². The highest BCUT2D eigenvalue weighted by atomic mass is 16.7. The van der Waals surface area contributed by atoms with Gasteiger partial charge in [-0.3, -0.25) is 9.59 Å². The topological polar surface area (TPSA) is 231 Å². The minimum Gasteiger partial charge on any atom is -0.462 e. The molecule has 0 bridgehead atoms. The number of hydrogen-bond acceptors (Lipinski definition) is 15. The SMILES string of the molecule is CC/C=C/C/C=C/C/C=C/C/C=C/C/C=C/CCCC(=O)O[C@H](COC(=O)CCCC/C=C/C/C=C/C/C=C/C/C=C/CC)CO[C@H]1O[C@@H](CO[C@H]2O[C@@H](CO)[C@@H](O)C(O)C2O)[C@@H](O)C(O)C1O. The van der Waals surface area contributed by atoms with E-state index in [0.29, 0.717) is 19.3 Å². The predicted octanol–water partition coefficient (Wildman–Crippen LogP) is 6.37. The summed E-state index contributed by atoms with van der Waals surface area (Å²) in [5.41, 5.74) is 0. The molecule has 0 saturated carbocycles. The third-order valence-electron chi connectivity index (χ3n) is 10.7. The van der Waals surface area contributed by atoms with Crippen LogP contribution in [0.2, 0.25) is 0 Å². The Morgan fingerprint density at radius 1 is 0.471 bits per heavy atom. The van der Waals surface area contributed by atoms with Crippen molar-refractivity contribution in [3.8, 4) is 0 Å². The maximum absolute atomic E-state index is 13.0. The highest BCUT2D eigenvalue weighted by Gasteiger charge is 2.47. The molecule has 2 aliphatic rings. The quantitative estimate of drug-likeness (QED) is 0.0208. The number of ether oxygens (including phenoxy) is 6. The van der Waals surface area contributed by atoms with Crippen molar-refractivity contribution >= 4 is 11.9 Å². The minimum atomic E-state index is -1.79. The number of hydrogen-bond donors (Lipinski definition) is 7. The van der Waals surface area contributed by atoms with Gasteiger partial charge in [0, 0.05) is 12.8 Å². The molecule has 2 saturated heterocycles. The van der Waals surface area contributed by atoms with Gasteiger partial charge in [-0.05, 0) is 89.9 Å². The second-order valence-electron chi connectivity index (χ2n) is 16.5. The summed E-state index contributed by atoms with van der Waals surface area (Å²) in [5, 5.41) is 72.0. The number of unbranched alkanes of at least 4 members (excludes halogenated alkanes) is 3. The standard InChI is InChI=1S/C53H82O15/c1-3-5-7-9-11-13-15-17-19-20-22-24-26-28-30-32-34-36-45(56)66-41(38-63-44(55)35-33-31-29-27-25-23-21-18-16-14-12-10-8-6-4-2)39-64-52-51(62)49(60)47(58)43(68-52)40-65-53-50(61)48(59)46(57)42(37-54)67-53/h5-8,11-14,17-19,21-22,24-25,27-28,30,41-43,46-54,57-62H,3-4,9-10,15-16,20,23,26,29,31-40H2,1-2H3/b7-5+,8-6+,13-11+,14-12+,19-17+,21-18+,24-22+,27-25+,30-28+/t41-,42+,43+,46-,47-,48?,49?,50?,51?,52+,53+/m1/s1. The Hall–Kier alpha value is -3.84. The molecule has 0 aromatic carbocycles. The molecule has 384 valence electrons. The van der Waals surface area contributed by atoms with Gasteiger partial charge < -0.3 is 64.2 Å². The summed E-state index contributed by atoms with van der Waals surface area (Å²) in [7, 11) is 0. The molecule has 11 atom stereocenters. The van der Waals surface area contributed by atoms with Crippen LogP contribution in [0.4, 0.5) is 0 Å². The van der Waals surface area contributed by atoms with Crippen molar-refractivity contribution in [2.45, 2.75) is 184 Å². The molecule has 2 fully saturated rings. The van der Waals surface area contributed by atoms with Gasteiger partial charge in [0.15, 0.2) is 18.7 Å². The van der Waals surface area contributed by atoms with E-state index in [0.717, 1.165) is 70.6 Å². The van der Waals surface area contributed by atoms with Crippen molar-refractivity contribution in [3.63, 3.8) is 0 Å². The number of allylic oxidation sites excluding steroid dienone is 18. The molecule has 2 rings (SSSR count). The Kier molecular flexibility index (Phi) is 34.5. The maximum Gasteiger partial charge on any atom is 0.306 e. The fourth-order valence-electron chi connectivity index (χ4n) is 6.77. The number of rotatable bonds is 35. The summed E-state index contributed by atoms with van der Waals surface area (Å²) in [6.45, 7) is 2.21. The lowest BCUT2D eigenvalue weighted by Crippen LogP contribution is -2.61. The molecule has 0 spiro atoms. The van der Waals surface area contributed by atoms with Gasteiger partial charge in [-0.25, -0.2) is 0 Å². The van der Waals surface area contributed by atoms with Crippen LogP contribution in [-0.4, -0.2) is 142 Å². The van der Waals surface area contributed by atoms with Crippen molar-refractivity contribution in [2.75, 3.05) is 26.4 Å². The number of aliphatic hydroxyl groups excluding tert-OH is 7. The monoisotopic (exact) mass is 959 g/mol. The van der Waals surface area contributed by atoms with Crippen LogP contribution in [0.3, 0.4) is 0 Å². The predicted molar refractivity (Wildman–Crippen MR) is 261 cm³/mol. The second-order valence-corrected chi connectivity index (χ2v) is 16.5. The summed E-state index contributed by atoms with van der Waals surface area (Å²) >= 11 is 0. The van der Waals surface area contributed by atoms with Crippen LogP contribution < -0.4 is 0 Å². The summed E-state index contributed by atoms with van der Waals surface area (Å²) in [4.78, 5) is 25.7. The van der Waals surface area contributed by atoms with Crippen molar-refractivity contribution in [1.29, 1.82) is 0 Å². The maximum atomic E-state index is 13.0. The van der Waals surface area contributed by atoms with E-state index in [1.54, 1.807) is 0 Å². The van der Waals surface area contributed by atoms with Gasteiger partial charge >= 0.3 is 11.9 Å². The Morgan fingerprint density at radius 2 is 0.882 bits per heavy atom. The number of esters is 2.